The smallest absolute Gasteiger partial charge is 0.126 e. The Morgan fingerprint density at radius 3 is 1.45 bits per heavy atom. The summed E-state index contributed by atoms with van der Waals surface area (Å²) >= 11 is 4.61. The number of benzene rings is 3. The molecule has 160 valence electrons. The molecule has 6 aromatic rings. The second kappa shape index (κ2) is 8.26. The van der Waals surface area contributed by atoms with Gasteiger partial charge in [-0.1, -0.05) is 48.5 Å². The molecule has 0 amide bonds. The van der Waals surface area contributed by atoms with Crippen molar-refractivity contribution in [2.24, 2.45) is 0 Å². The lowest BCUT2D eigenvalue weighted by atomic mass is 10.1. The van der Waals surface area contributed by atoms with Crippen molar-refractivity contribution in [1.82, 2.24) is 18.7 Å². The summed E-state index contributed by atoms with van der Waals surface area (Å²) in [6.45, 7) is 4.26. The summed E-state index contributed by atoms with van der Waals surface area (Å²) in [4.78, 5) is 11.8. The Morgan fingerprint density at radius 2 is 1.00 bits per heavy atom. The molecule has 0 aliphatic heterocycles. The van der Waals surface area contributed by atoms with E-state index in [1.165, 1.54) is 34.0 Å². The van der Waals surface area contributed by atoms with Crippen molar-refractivity contribution in [3.63, 3.8) is 0 Å². The van der Waals surface area contributed by atoms with Crippen molar-refractivity contribution >= 4 is 45.4 Å². The predicted molar refractivity (Wildman–Crippen MR) is 140 cm³/mol. The Kier molecular flexibility index (Phi) is 5.10. The summed E-state index contributed by atoms with van der Waals surface area (Å²) in [7, 11) is 0. The molecular formula is C26H18N4S3. The molecule has 0 saturated carbocycles. The molecule has 0 aliphatic carbocycles. The molecule has 0 spiro atoms. The number of nitrogens with zero attached hydrogens (tertiary/aromatic N) is 4. The molecule has 7 heteroatoms. The van der Waals surface area contributed by atoms with E-state index in [1.807, 2.05) is 12.4 Å². The summed E-state index contributed by atoms with van der Waals surface area (Å²) in [6.07, 6.45) is 3.91. The zero-order valence-corrected chi connectivity index (χ0v) is 20.4. The summed E-state index contributed by atoms with van der Waals surface area (Å²) in [6, 6.07) is 21.0. The summed E-state index contributed by atoms with van der Waals surface area (Å²) in [5.41, 5.74) is 8.74. The van der Waals surface area contributed by atoms with E-state index in [1.54, 1.807) is 22.7 Å². The molecule has 3 heterocycles. The molecule has 6 rings (SSSR count). The van der Waals surface area contributed by atoms with Crippen molar-refractivity contribution in [2.45, 2.75) is 13.8 Å². The average Bonchev–Trinajstić information content (AvgIpc) is 3.59. The third-order valence-electron chi connectivity index (χ3n) is 5.71. The molecule has 0 bridgehead atoms. The second-order valence-corrected chi connectivity index (χ2v) is 10.4. The monoisotopic (exact) mass is 482 g/mol. The van der Waals surface area contributed by atoms with Gasteiger partial charge < -0.3 is 0 Å². The lowest BCUT2D eigenvalue weighted by molar-refractivity contribution is 1.39. The van der Waals surface area contributed by atoms with Gasteiger partial charge in [0.15, 0.2) is 0 Å². The van der Waals surface area contributed by atoms with Gasteiger partial charge in [0.2, 0.25) is 0 Å². The van der Waals surface area contributed by atoms with Crippen LogP contribution in [0.5, 0.6) is 0 Å². The predicted octanol–water partition coefficient (Wildman–Crippen LogP) is 7.89. The first-order valence-corrected chi connectivity index (χ1v) is 12.8. The molecular weight excluding hydrogens is 465 g/mol. The van der Waals surface area contributed by atoms with Crippen LogP contribution in [0.4, 0.5) is 0 Å². The molecule has 33 heavy (non-hydrogen) atoms. The van der Waals surface area contributed by atoms with E-state index in [0.29, 0.717) is 0 Å². The van der Waals surface area contributed by atoms with E-state index in [9.17, 15) is 0 Å². The summed E-state index contributed by atoms with van der Waals surface area (Å²) < 4.78 is 9.27. The molecule has 0 unspecified atom stereocenters. The van der Waals surface area contributed by atoms with Gasteiger partial charge in [-0.3, -0.25) is 0 Å². The van der Waals surface area contributed by atoms with Gasteiger partial charge in [-0.2, -0.15) is 8.75 Å². The van der Waals surface area contributed by atoms with Crippen LogP contribution in [0.3, 0.4) is 0 Å². The van der Waals surface area contributed by atoms with Crippen LogP contribution in [0.2, 0.25) is 0 Å². The fourth-order valence-corrected chi connectivity index (χ4v) is 6.60. The van der Waals surface area contributed by atoms with Crippen LogP contribution in [0, 0.1) is 13.8 Å². The minimum Gasteiger partial charge on any atom is -0.244 e. The zero-order chi connectivity index (χ0) is 22.4. The first-order valence-electron chi connectivity index (χ1n) is 10.5. The van der Waals surface area contributed by atoms with E-state index in [0.717, 1.165) is 41.9 Å². The number of hydrogen-bond acceptors (Lipinski definition) is 7. The van der Waals surface area contributed by atoms with Gasteiger partial charge in [0.1, 0.15) is 21.0 Å². The Labute approximate surface area is 203 Å². The number of thiazole rings is 2. The molecule has 0 aliphatic rings. The van der Waals surface area contributed by atoms with E-state index in [-0.39, 0.29) is 0 Å². The van der Waals surface area contributed by atoms with E-state index >= 15 is 0 Å². The third-order valence-corrected chi connectivity index (χ3v) is 8.36. The molecule has 3 aromatic carbocycles. The highest BCUT2D eigenvalue weighted by atomic mass is 32.1. The highest BCUT2D eigenvalue weighted by Crippen LogP contribution is 2.41. The van der Waals surface area contributed by atoms with Crippen molar-refractivity contribution < 1.29 is 0 Å². The molecule has 0 N–H and O–H groups in total. The average molecular weight is 483 g/mol. The van der Waals surface area contributed by atoms with E-state index in [4.69, 9.17) is 9.97 Å². The van der Waals surface area contributed by atoms with Crippen molar-refractivity contribution in [1.29, 1.82) is 0 Å². The molecule has 0 atom stereocenters. The van der Waals surface area contributed by atoms with Gasteiger partial charge in [0.25, 0.3) is 0 Å². The first kappa shape index (κ1) is 20.4. The lowest BCUT2D eigenvalue weighted by Gasteiger charge is -2.03. The van der Waals surface area contributed by atoms with Crippen LogP contribution in [-0.4, -0.2) is 18.7 Å². The van der Waals surface area contributed by atoms with E-state index in [2.05, 4.69) is 83.3 Å². The van der Waals surface area contributed by atoms with Gasteiger partial charge in [-0.15, -0.1) is 22.7 Å². The van der Waals surface area contributed by atoms with Crippen LogP contribution in [0.15, 0.2) is 73.1 Å². The first-order chi connectivity index (χ1) is 16.2. The minimum absolute atomic E-state index is 0.885. The fraction of sp³-hybridized carbons (Fsp3) is 0.0769. The Balaban J connectivity index is 1.41. The van der Waals surface area contributed by atoms with Gasteiger partial charge in [0, 0.05) is 23.5 Å². The SMILES string of the molecule is Cc1ccccc1-c1cnc(-c2ccc(-c3ncc(-c4ccccc4C)s3)c3nsnc23)s1. The maximum Gasteiger partial charge on any atom is 0.126 e. The molecule has 0 radical (unpaired) electrons. The molecule has 4 nitrogen and oxygen atoms in total. The van der Waals surface area contributed by atoms with Crippen molar-refractivity contribution in [3.8, 4) is 42.0 Å². The quantitative estimate of drug-likeness (QED) is 0.256. The number of aromatic nitrogens is 4. The largest absolute Gasteiger partial charge is 0.244 e. The second-order valence-electron chi connectivity index (χ2n) is 7.81. The minimum atomic E-state index is 0.885. The lowest BCUT2D eigenvalue weighted by Crippen LogP contribution is -1.84. The number of rotatable bonds is 4. The van der Waals surface area contributed by atoms with Gasteiger partial charge >= 0.3 is 0 Å². The Morgan fingerprint density at radius 1 is 0.545 bits per heavy atom. The van der Waals surface area contributed by atoms with Crippen LogP contribution in [0.25, 0.3) is 53.1 Å². The maximum absolute atomic E-state index is 4.73. The fourth-order valence-electron chi connectivity index (χ4n) is 3.96. The molecule has 0 fully saturated rings. The maximum atomic E-state index is 4.73. The van der Waals surface area contributed by atoms with Crippen LogP contribution in [0.1, 0.15) is 11.1 Å². The van der Waals surface area contributed by atoms with Crippen molar-refractivity contribution in [2.75, 3.05) is 0 Å². The highest BCUT2D eigenvalue weighted by molar-refractivity contribution is 7.19. The third kappa shape index (κ3) is 3.58. The zero-order valence-electron chi connectivity index (χ0n) is 17.9. The topological polar surface area (TPSA) is 51.6 Å². The van der Waals surface area contributed by atoms with Gasteiger partial charge in [-0.25, -0.2) is 9.97 Å². The van der Waals surface area contributed by atoms with E-state index < -0.39 is 0 Å². The van der Waals surface area contributed by atoms with Crippen LogP contribution in [-0.2, 0) is 0 Å². The van der Waals surface area contributed by atoms with Crippen LogP contribution < -0.4 is 0 Å². The van der Waals surface area contributed by atoms with Crippen LogP contribution >= 0.6 is 34.4 Å². The van der Waals surface area contributed by atoms with Gasteiger partial charge in [-0.05, 0) is 48.2 Å². The standard InChI is InChI=1S/C26H18N4S3/c1-15-7-3-5-9-17(15)21-13-27-25(31-21)19-11-12-20(24-23(19)29-33-30-24)26-28-14-22(32-26)18-10-6-4-8-16(18)2/h3-14H,1-2H3. The highest BCUT2D eigenvalue weighted by Gasteiger charge is 2.18. The summed E-state index contributed by atoms with van der Waals surface area (Å²) in [5, 5.41) is 1.91. The number of aryl methyl sites for hydroxylation is 2. The normalized spacial score (nSPS) is 11.3. The van der Waals surface area contributed by atoms with Crippen molar-refractivity contribution in [3.05, 3.63) is 84.2 Å². The molecule has 0 saturated heterocycles. The van der Waals surface area contributed by atoms with Gasteiger partial charge in [0.05, 0.1) is 21.5 Å². The Hall–Kier alpha value is -3.26. The summed E-state index contributed by atoms with van der Waals surface area (Å²) in [5.74, 6) is 0. The molecule has 3 aromatic heterocycles. The number of fused-ring (bicyclic) bond motifs is 1. The number of hydrogen-bond donors (Lipinski definition) is 0. The Bertz CT molecular complexity index is 1490.